The number of rotatable bonds is 6. The van der Waals surface area contributed by atoms with Crippen LogP contribution in [0.2, 0.25) is 0 Å². The summed E-state index contributed by atoms with van der Waals surface area (Å²) >= 11 is 0. The van der Waals surface area contributed by atoms with Gasteiger partial charge in [-0.1, -0.05) is 26.7 Å². The van der Waals surface area contributed by atoms with Crippen molar-refractivity contribution in [3.8, 4) is 0 Å². The lowest BCUT2D eigenvalue weighted by molar-refractivity contribution is 0.0928. The van der Waals surface area contributed by atoms with Crippen LogP contribution in [0, 0.1) is 5.92 Å². The molecular formula is C9H21NO. The molecule has 68 valence electrons. The Bertz CT molecular complexity index is 81.6. The van der Waals surface area contributed by atoms with Gasteiger partial charge in [0.1, 0.15) is 0 Å². The smallest absolute Gasteiger partial charge is 0.0568 e. The van der Waals surface area contributed by atoms with Gasteiger partial charge in [-0.3, -0.25) is 0 Å². The Morgan fingerprint density at radius 1 is 1.27 bits per heavy atom. The van der Waals surface area contributed by atoms with E-state index in [1.54, 1.807) is 0 Å². The first-order chi connectivity index (χ1) is 5.26. The summed E-state index contributed by atoms with van der Waals surface area (Å²) in [5, 5.41) is 9.58. The molecule has 2 nitrogen and oxygen atoms in total. The molecule has 0 rings (SSSR count). The Balaban J connectivity index is 3.51. The molecule has 0 aliphatic rings. The van der Waals surface area contributed by atoms with Gasteiger partial charge in [-0.2, -0.15) is 0 Å². The van der Waals surface area contributed by atoms with Crippen LogP contribution < -0.4 is 5.73 Å². The second-order valence-electron chi connectivity index (χ2n) is 3.07. The van der Waals surface area contributed by atoms with Crippen LogP contribution in [0.25, 0.3) is 0 Å². The molecule has 0 radical (unpaired) electrons. The molecule has 0 aromatic rings. The molecule has 0 aromatic carbocycles. The van der Waals surface area contributed by atoms with Crippen LogP contribution >= 0.6 is 0 Å². The molecule has 0 saturated heterocycles. The lowest BCUT2D eigenvalue weighted by atomic mass is 9.93. The first-order valence-electron chi connectivity index (χ1n) is 4.64. The van der Waals surface area contributed by atoms with Crippen LogP contribution in [0.5, 0.6) is 0 Å². The van der Waals surface area contributed by atoms with Crippen molar-refractivity contribution in [2.24, 2.45) is 11.7 Å². The molecule has 2 heteroatoms. The van der Waals surface area contributed by atoms with E-state index in [1.807, 2.05) is 0 Å². The van der Waals surface area contributed by atoms with Gasteiger partial charge in [-0.25, -0.2) is 0 Å². The fourth-order valence-corrected chi connectivity index (χ4v) is 1.40. The normalized spacial score (nSPS) is 13.9. The average Bonchev–Trinajstić information content (AvgIpc) is 2.03. The van der Waals surface area contributed by atoms with Crippen molar-refractivity contribution in [3.05, 3.63) is 0 Å². The predicted molar refractivity (Wildman–Crippen MR) is 48.4 cm³/mol. The van der Waals surface area contributed by atoms with E-state index in [2.05, 4.69) is 13.8 Å². The highest BCUT2D eigenvalue weighted by atomic mass is 16.3. The second-order valence-corrected chi connectivity index (χ2v) is 3.07. The van der Waals surface area contributed by atoms with Gasteiger partial charge in [0, 0.05) is 0 Å². The zero-order valence-corrected chi connectivity index (χ0v) is 7.71. The lowest BCUT2D eigenvalue weighted by Gasteiger charge is -2.19. The first kappa shape index (κ1) is 10.9. The maximum Gasteiger partial charge on any atom is 0.0568 e. The standard InChI is InChI=1S/C9H21NO/c1-3-8(4-2)9(11)6-5-7-10/h8-9,11H,3-7,10H2,1-2H3. The molecule has 0 aliphatic carbocycles. The zero-order valence-electron chi connectivity index (χ0n) is 7.71. The van der Waals surface area contributed by atoms with E-state index in [4.69, 9.17) is 5.73 Å². The van der Waals surface area contributed by atoms with Crippen LogP contribution in [0.4, 0.5) is 0 Å². The minimum Gasteiger partial charge on any atom is -0.393 e. The van der Waals surface area contributed by atoms with Crippen molar-refractivity contribution in [1.29, 1.82) is 0 Å². The van der Waals surface area contributed by atoms with Gasteiger partial charge < -0.3 is 10.8 Å². The Hall–Kier alpha value is -0.0800. The van der Waals surface area contributed by atoms with E-state index in [1.165, 1.54) is 0 Å². The minimum atomic E-state index is -0.131. The van der Waals surface area contributed by atoms with Crippen molar-refractivity contribution in [2.75, 3.05) is 6.54 Å². The molecule has 1 unspecified atom stereocenters. The van der Waals surface area contributed by atoms with E-state index in [0.29, 0.717) is 12.5 Å². The van der Waals surface area contributed by atoms with Gasteiger partial charge >= 0.3 is 0 Å². The minimum absolute atomic E-state index is 0.131. The number of hydrogen-bond acceptors (Lipinski definition) is 2. The van der Waals surface area contributed by atoms with Crippen LogP contribution in [-0.2, 0) is 0 Å². The molecular weight excluding hydrogens is 138 g/mol. The molecule has 0 saturated carbocycles. The summed E-state index contributed by atoms with van der Waals surface area (Å²) in [6, 6.07) is 0. The van der Waals surface area contributed by atoms with Gasteiger partial charge in [0.25, 0.3) is 0 Å². The Kier molecular flexibility index (Phi) is 6.57. The van der Waals surface area contributed by atoms with Gasteiger partial charge in [-0.15, -0.1) is 0 Å². The average molecular weight is 159 g/mol. The highest BCUT2D eigenvalue weighted by Gasteiger charge is 2.13. The zero-order chi connectivity index (χ0) is 8.69. The van der Waals surface area contributed by atoms with Crippen LogP contribution in [0.15, 0.2) is 0 Å². The fraction of sp³-hybridized carbons (Fsp3) is 1.00. The van der Waals surface area contributed by atoms with E-state index < -0.39 is 0 Å². The molecule has 0 aromatic heterocycles. The predicted octanol–water partition coefficient (Wildman–Crippen LogP) is 1.52. The largest absolute Gasteiger partial charge is 0.393 e. The lowest BCUT2D eigenvalue weighted by Crippen LogP contribution is -2.20. The highest BCUT2D eigenvalue weighted by molar-refractivity contribution is 4.65. The summed E-state index contributed by atoms with van der Waals surface area (Å²) in [5.74, 6) is 0.474. The van der Waals surface area contributed by atoms with Gasteiger partial charge in [-0.05, 0) is 25.3 Å². The van der Waals surface area contributed by atoms with Gasteiger partial charge in [0.05, 0.1) is 6.10 Å². The summed E-state index contributed by atoms with van der Waals surface area (Å²) in [7, 11) is 0. The quantitative estimate of drug-likeness (QED) is 0.617. The van der Waals surface area contributed by atoms with E-state index in [9.17, 15) is 5.11 Å². The Morgan fingerprint density at radius 3 is 2.18 bits per heavy atom. The fourth-order valence-electron chi connectivity index (χ4n) is 1.40. The van der Waals surface area contributed by atoms with Crippen LogP contribution in [0.3, 0.4) is 0 Å². The highest BCUT2D eigenvalue weighted by Crippen LogP contribution is 2.16. The van der Waals surface area contributed by atoms with Crippen molar-refractivity contribution in [1.82, 2.24) is 0 Å². The second kappa shape index (κ2) is 6.62. The summed E-state index contributed by atoms with van der Waals surface area (Å²) in [5.41, 5.74) is 5.35. The monoisotopic (exact) mass is 159 g/mol. The molecule has 0 amide bonds. The van der Waals surface area contributed by atoms with E-state index >= 15 is 0 Å². The maximum atomic E-state index is 9.58. The molecule has 0 spiro atoms. The third-order valence-corrected chi connectivity index (χ3v) is 2.30. The SMILES string of the molecule is CCC(CC)C(O)CCCN. The van der Waals surface area contributed by atoms with Crippen LogP contribution in [-0.4, -0.2) is 17.8 Å². The molecule has 0 fully saturated rings. The van der Waals surface area contributed by atoms with Crippen molar-refractivity contribution in [2.45, 2.75) is 45.6 Å². The topological polar surface area (TPSA) is 46.2 Å². The maximum absolute atomic E-state index is 9.58. The van der Waals surface area contributed by atoms with Gasteiger partial charge in [0.2, 0.25) is 0 Å². The number of aliphatic hydroxyl groups is 1. The summed E-state index contributed by atoms with van der Waals surface area (Å²) in [6.07, 6.45) is 3.82. The Labute approximate surface area is 69.8 Å². The molecule has 0 bridgehead atoms. The molecule has 0 heterocycles. The van der Waals surface area contributed by atoms with E-state index in [0.717, 1.165) is 25.7 Å². The molecule has 0 aliphatic heterocycles. The number of aliphatic hydroxyl groups excluding tert-OH is 1. The number of hydrogen-bond donors (Lipinski definition) is 2. The third kappa shape index (κ3) is 4.38. The van der Waals surface area contributed by atoms with Crippen molar-refractivity contribution >= 4 is 0 Å². The first-order valence-corrected chi connectivity index (χ1v) is 4.64. The summed E-state index contributed by atoms with van der Waals surface area (Å²) in [6.45, 7) is 4.94. The summed E-state index contributed by atoms with van der Waals surface area (Å²) in [4.78, 5) is 0. The molecule has 11 heavy (non-hydrogen) atoms. The number of nitrogens with two attached hydrogens (primary N) is 1. The molecule has 3 N–H and O–H groups in total. The third-order valence-electron chi connectivity index (χ3n) is 2.30. The van der Waals surface area contributed by atoms with E-state index in [-0.39, 0.29) is 6.10 Å². The van der Waals surface area contributed by atoms with Crippen molar-refractivity contribution in [3.63, 3.8) is 0 Å². The summed E-state index contributed by atoms with van der Waals surface area (Å²) < 4.78 is 0. The van der Waals surface area contributed by atoms with Crippen molar-refractivity contribution < 1.29 is 5.11 Å². The Morgan fingerprint density at radius 2 is 1.82 bits per heavy atom. The van der Waals surface area contributed by atoms with Crippen LogP contribution in [0.1, 0.15) is 39.5 Å². The molecule has 1 atom stereocenters. The van der Waals surface area contributed by atoms with Gasteiger partial charge in [0.15, 0.2) is 0 Å².